The van der Waals surface area contributed by atoms with Crippen LogP contribution in [0.2, 0.25) is 0 Å². The predicted molar refractivity (Wildman–Crippen MR) is 71.9 cm³/mol. The van der Waals surface area contributed by atoms with Crippen LogP contribution in [0, 0.1) is 6.92 Å². The van der Waals surface area contributed by atoms with E-state index in [0.29, 0.717) is 6.04 Å². The molecule has 0 aromatic heterocycles. The molecule has 1 rings (SSSR count). The summed E-state index contributed by atoms with van der Waals surface area (Å²) in [6.07, 6.45) is 4.91. The van der Waals surface area contributed by atoms with Crippen LogP contribution >= 0.6 is 0 Å². The van der Waals surface area contributed by atoms with Crippen LogP contribution in [0.4, 0.5) is 0 Å². The van der Waals surface area contributed by atoms with Crippen molar-refractivity contribution in [1.29, 1.82) is 0 Å². The summed E-state index contributed by atoms with van der Waals surface area (Å²) in [5.41, 5.74) is 2.80. The van der Waals surface area contributed by atoms with Crippen molar-refractivity contribution in [2.24, 2.45) is 0 Å². The van der Waals surface area contributed by atoms with Crippen molar-refractivity contribution in [2.45, 2.75) is 52.5 Å². The van der Waals surface area contributed by atoms with E-state index in [9.17, 15) is 0 Å². The van der Waals surface area contributed by atoms with Gasteiger partial charge in [0.25, 0.3) is 0 Å². The zero-order valence-electron chi connectivity index (χ0n) is 10.9. The molecule has 0 bridgehead atoms. The highest BCUT2D eigenvalue weighted by Gasteiger charge is 2.07. The average molecular weight is 219 g/mol. The van der Waals surface area contributed by atoms with Gasteiger partial charge in [-0.2, -0.15) is 0 Å². The van der Waals surface area contributed by atoms with Crippen LogP contribution in [0.15, 0.2) is 24.3 Å². The first-order valence-electron chi connectivity index (χ1n) is 6.55. The first kappa shape index (κ1) is 13.2. The quantitative estimate of drug-likeness (QED) is 0.737. The van der Waals surface area contributed by atoms with Gasteiger partial charge in [-0.1, -0.05) is 50.1 Å². The molecule has 0 amide bonds. The highest BCUT2D eigenvalue weighted by Crippen LogP contribution is 2.09. The van der Waals surface area contributed by atoms with Crippen molar-refractivity contribution in [3.8, 4) is 0 Å². The fraction of sp³-hybridized carbons (Fsp3) is 0.600. The molecule has 16 heavy (non-hydrogen) atoms. The van der Waals surface area contributed by atoms with E-state index in [-0.39, 0.29) is 0 Å². The van der Waals surface area contributed by atoms with E-state index < -0.39 is 0 Å². The van der Waals surface area contributed by atoms with Crippen LogP contribution in [-0.4, -0.2) is 12.6 Å². The molecule has 1 N–H and O–H groups in total. The summed E-state index contributed by atoms with van der Waals surface area (Å²) in [6.45, 7) is 7.76. The van der Waals surface area contributed by atoms with Gasteiger partial charge in [-0.15, -0.1) is 0 Å². The highest BCUT2D eigenvalue weighted by atomic mass is 14.9. The number of aryl methyl sites for hydroxylation is 1. The van der Waals surface area contributed by atoms with Gasteiger partial charge in [0.1, 0.15) is 0 Å². The van der Waals surface area contributed by atoms with Gasteiger partial charge in [0.05, 0.1) is 0 Å². The highest BCUT2D eigenvalue weighted by molar-refractivity contribution is 5.22. The van der Waals surface area contributed by atoms with E-state index in [2.05, 4.69) is 50.4 Å². The second-order valence-corrected chi connectivity index (χ2v) is 4.63. The van der Waals surface area contributed by atoms with E-state index >= 15 is 0 Å². The Morgan fingerprint density at radius 1 is 1.06 bits per heavy atom. The lowest BCUT2D eigenvalue weighted by Crippen LogP contribution is -2.31. The van der Waals surface area contributed by atoms with Gasteiger partial charge in [-0.3, -0.25) is 0 Å². The van der Waals surface area contributed by atoms with Crippen LogP contribution in [0.1, 0.15) is 44.2 Å². The largest absolute Gasteiger partial charge is 0.314 e. The molecule has 1 unspecified atom stereocenters. The Morgan fingerprint density at radius 2 is 1.75 bits per heavy atom. The Balaban J connectivity index is 2.49. The second kappa shape index (κ2) is 7.45. The molecule has 1 nitrogen and oxygen atoms in total. The molecule has 0 aliphatic carbocycles. The molecule has 0 radical (unpaired) electrons. The first-order chi connectivity index (χ1) is 7.76. The molecule has 1 aromatic rings. The zero-order chi connectivity index (χ0) is 11.8. The number of nitrogens with one attached hydrogen (secondary N) is 1. The standard InChI is InChI=1S/C15H25N/c1-4-6-15(16-11-5-2)12-14-9-7-13(3)8-10-14/h7-10,15-16H,4-6,11-12H2,1-3H3. The Kier molecular flexibility index (Phi) is 6.17. The van der Waals surface area contributed by atoms with Gasteiger partial charge in [-0.05, 0) is 38.3 Å². The maximum atomic E-state index is 3.63. The van der Waals surface area contributed by atoms with Crippen molar-refractivity contribution in [3.63, 3.8) is 0 Å². The Morgan fingerprint density at radius 3 is 2.31 bits per heavy atom. The maximum absolute atomic E-state index is 3.63. The summed E-state index contributed by atoms with van der Waals surface area (Å²) in [6, 6.07) is 9.57. The summed E-state index contributed by atoms with van der Waals surface area (Å²) in [5, 5.41) is 3.63. The van der Waals surface area contributed by atoms with E-state index in [1.54, 1.807) is 0 Å². The minimum atomic E-state index is 0.646. The Bertz CT molecular complexity index is 276. The second-order valence-electron chi connectivity index (χ2n) is 4.63. The Hall–Kier alpha value is -0.820. The van der Waals surface area contributed by atoms with Crippen molar-refractivity contribution < 1.29 is 0 Å². The predicted octanol–water partition coefficient (Wildman–Crippen LogP) is 3.71. The van der Waals surface area contributed by atoms with Crippen LogP contribution in [-0.2, 0) is 6.42 Å². The van der Waals surface area contributed by atoms with Gasteiger partial charge in [0.2, 0.25) is 0 Å². The fourth-order valence-corrected chi connectivity index (χ4v) is 1.98. The summed E-state index contributed by atoms with van der Waals surface area (Å²) in [4.78, 5) is 0. The number of hydrogen-bond acceptors (Lipinski definition) is 1. The van der Waals surface area contributed by atoms with Crippen LogP contribution < -0.4 is 5.32 Å². The zero-order valence-corrected chi connectivity index (χ0v) is 10.9. The maximum Gasteiger partial charge on any atom is 0.0107 e. The summed E-state index contributed by atoms with van der Waals surface area (Å²) in [7, 11) is 0. The lowest BCUT2D eigenvalue weighted by molar-refractivity contribution is 0.473. The van der Waals surface area contributed by atoms with E-state index in [1.165, 1.54) is 30.4 Å². The van der Waals surface area contributed by atoms with E-state index in [1.807, 2.05) is 0 Å². The molecule has 0 saturated heterocycles. The third-order valence-corrected chi connectivity index (χ3v) is 2.92. The first-order valence-corrected chi connectivity index (χ1v) is 6.55. The Labute approximate surface area is 100 Å². The molecule has 0 aliphatic heterocycles. The van der Waals surface area contributed by atoms with Gasteiger partial charge >= 0.3 is 0 Å². The fourth-order valence-electron chi connectivity index (χ4n) is 1.98. The molecule has 1 heteroatoms. The minimum Gasteiger partial charge on any atom is -0.314 e. The van der Waals surface area contributed by atoms with Crippen molar-refractivity contribution in [3.05, 3.63) is 35.4 Å². The molecule has 0 saturated carbocycles. The molecular formula is C15H25N. The van der Waals surface area contributed by atoms with E-state index in [4.69, 9.17) is 0 Å². The van der Waals surface area contributed by atoms with Crippen molar-refractivity contribution in [2.75, 3.05) is 6.54 Å². The van der Waals surface area contributed by atoms with Crippen molar-refractivity contribution in [1.82, 2.24) is 5.32 Å². The van der Waals surface area contributed by atoms with Gasteiger partial charge < -0.3 is 5.32 Å². The molecule has 1 aromatic carbocycles. The molecule has 0 aliphatic rings. The monoisotopic (exact) mass is 219 g/mol. The van der Waals surface area contributed by atoms with Gasteiger partial charge in [0.15, 0.2) is 0 Å². The number of rotatable bonds is 7. The van der Waals surface area contributed by atoms with Gasteiger partial charge in [-0.25, -0.2) is 0 Å². The molecule has 90 valence electrons. The van der Waals surface area contributed by atoms with E-state index in [0.717, 1.165) is 13.0 Å². The normalized spacial score (nSPS) is 12.7. The third-order valence-electron chi connectivity index (χ3n) is 2.92. The minimum absolute atomic E-state index is 0.646. The summed E-state index contributed by atoms with van der Waals surface area (Å²) >= 11 is 0. The number of hydrogen-bond donors (Lipinski definition) is 1. The summed E-state index contributed by atoms with van der Waals surface area (Å²) in [5.74, 6) is 0. The molecular weight excluding hydrogens is 194 g/mol. The molecule has 1 atom stereocenters. The van der Waals surface area contributed by atoms with Gasteiger partial charge in [0, 0.05) is 6.04 Å². The topological polar surface area (TPSA) is 12.0 Å². The molecule has 0 fully saturated rings. The SMILES string of the molecule is CCCNC(CCC)Cc1ccc(C)cc1. The smallest absolute Gasteiger partial charge is 0.0107 e. The average Bonchev–Trinajstić information content (AvgIpc) is 2.29. The lowest BCUT2D eigenvalue weighted by Gasteiger charge is -2.17. The molecule has 0 heterocycles. The summed E-state index contributed by atoms with van der Waals surface area (Å²) < 4.78 is 0. The van der Waals surface area contributed by atoms with Crippen LogP contribution in [0.25, 0.3) is 0 Å². The van der Waals surface area contributed by atoms with Crippen LogP contribution in [0.3, 0.4) is 0 Å². The van der Waals surface area contributed by atoms with Crippen molar-refractivity contribution >= 4 is 0 Å². The number of benzene rings is 1. The lowest BCUT2D eigenvalue weighted by atomic mass is 10.0. The molecule has 0 spiro atoms. The third kappa shape index (κ3) is 4.80. The van der Waals surface area contributed by atoms with Crippen LogP contribution in [0.5, 0.6) is 0 Å².